The van der Waals surface area contributed by atoms with Crippen molar-refractivity contribution >= 4 is 46.0 Å². The average Bonchev–Trinajstić information content (AvgIpc) is 3.86. The van der Waals surface area contributed by atoms with Crippen LogP contribution >= 0.6 is 21.6 Å². The summed E-state index contributed by atoms with van der Waals surface area (Å²) >= 11 is 0. The number of hydrogen-bond acceptors (Lipinski definition) is 15. The highest BCUT2D eigenvalue weighted by atomic mass is 33.1. The van der Waals surface area contributed by atoms with Crippen molar-refractivity contribution in [3.05, 3.63) is 74.9 Å². The third-order valence-corrected chi connectivity index (χ3v) is 6.97. The zero-order valence-electron chi connectivity index (χ0n) is 22.7. The first-order valence-electron chi connectivity index (χ1n) is 12.5. The lowest BCUT2D eigenvalue weighted by atomic mass is 10.7. The van der Waals surface area contributed by atoms with Crippen molar-refractivity contribution in [1.82, 2.24) is 38.2 Å². The summed E-state index contributed by atoms with van der Waals surface area (Å²) in [6.45, 7) is 1.25. The molecule has 4 aromatic rings. The second kappa shape index (κ2) is 19.5. The lowest BCUT2D eigenvalue weighted by Gasteiger charge is -2.07. The van der Waals surface area contributed by atoms with Gasteiger partial charge in [-0.3, -0.25) is 0 Å². The lowest BCUT2D eigenvalue weighted by molar-refractivity contribution is 0.0462. The number of rotatable bonds is 13. The minimum Gasteiger partial charge on any atom is -0.448 e. The van der Waals surface area contributed by atoms with Gasteiger partial charge in [-0.1, -0.05) is 21.6 Å². The topological polar surface area (TPSA) is 186 Å². The molecule has 17 nitrogen and oxygen atoms in total. The molecule has 0 unspecified atom stereocenters. The maximum Gasteiger partial charge on any atom is 0.419 e. The fourth-order valence-electron chi connectivity index (χ4n) is 2.69. The van der Waals surface area contributed by atoms with E-state index in [0.717, 1.165) is 0 Å². The van der Waals surface area contributed by atoms with Crippen LogP contribution in [0.25, 0.3) is 0 Å². The molecule has 0 aliphatic carbocycles. The standard InChI is InChI=1S/C12H14N4O5.C12H14N4O4S2/c17-11(15-3-1-13-9-15)20-7-5-19-6-8-21-12(18)16-4-2-14-10-16;17-11(15-3-1-13-9-15)19-5-7-21-22-8-6-20-12(18)16-4-2-14-10-16/h1-4,9-10H,5-8H2;1-4,9-10H,5-8H2. The predicted molar refractivity (Wildman–Crippen MR) is 152 cm³/mol. The monoisotopic (exact) mass is 636 g/mol. The zero-order valence-corrected chi connectivity index (χ0v) is 24.3. The van der Waals surface area contributed by atoms with E-state index < -0.39 is 24.4 Å². The van der Waals surface area contributed by atoms with Crippen LogP contribution in [0.15, 0.2) is 74.9 Å². The number of aromatic nitrogens is 8. The van der Waals surface area contributed by atoms with E-state index in [1.54, 1.807) is 21.6 Å². The molecule has 19 heteroatoms. The third kappa shape index (κ3) is 12.8. The van der Waals surface area contributed by atoms with Gasteiger partial charge in [0.25, 0.3) is 0 Å². The molecular formula is C24H28N8O9S2. The first kappa shape index (κ1) is 32.9. The molecule has 0 aliphatic rings. The lowest BCUT2D eigenvalue weighted by Crippen LogP contribution is -2.18. The Kier molecular flexibility index (Phi) is 14.9. The van der Waals surface area contributed by atoms with Gasteiger partial charge in [0.15, 0.2) is 0 Å². The van der Waals surface area contributed by atoms with Crippen LogP contribution in [-0.4, -0.2) is 114 Å². The molecule has 230 valence electrons. The van der Waals surface area contributed by atoms with Gasteiger partial charge in [-0.2, -0.15) is 0 Å². The molecule has 0 amide bonds. The molecule has 0 N–H and O–H groups in total. The van der Waals surface area contributed by atoms with Gasteiger partial charge in [0.1, 0.15) is 51.7 Å². The summed E-state index contributed by atoms with van der Waals surface area (Å²) in [6, 6.07) is 0. The number of carbonyl (C=O) groups is 4. The summed E-state index contributed by atoms with van der Waals surface area (Å²) in [7, 11) is 3.09. The Labute approximate surface area is 252 Å². The van der Waals surface area contributed by atoms with Crippen LogP contribution in [-0.2, 0) is 23.7 Å². The largest absolute Gasteiger partial charge is 0.448 e. The second-order valence-electron chi connectivity index (χ2n) is 7.59. The number of hydrogen-bond donors (Lipinski definition) is 0. The zero-order chi connectivity index (χ0) is 30.5. The van der Waals surface area contributed by atoms with Gasteiger partial charge in [0.05, 0.1) is 13.2 Å². The van der Waals surface area contributed by atoms with Crippen molar-refractivity contribution in [2.24, 2.45) is 0 Å². The molecule has 0 radical (unpaired) electrons. The normalized spacial score (nSPS) is 10.3. The van der Waals surface area contributed by atoms with Crippen LogP contribution in [0.1, 0.15) is 0 Å². The van der Waals surface area contributed by atoms with Gasteiger partial charge in [0.2, 0.25) is 0 Å². The van der Waals surface area contributed by atoms with Gasteiger partial charge in [-0.25, -0.2) is 57.4 Å². The highest BCUT2D eigenvalue weighted by molar-refractivity contribution is 8.76. The Bertz CT molecular complexity index is 1230. The van der Waals surface area contributed by atoms with Crippen molar-refractivity contribution in [2.45, 2.75) is 0 Å². The van der Waals surface area contributed by atoms with Gasteiger partial charge >= 0.3 is 24.4 Å². The van der Waals surface area contributed by atoms with Crippen LogP contribution in [0.5, 0.6) is 0 Å². The van der Waals surface area contributed by atoms with Crippen molar-refractivity contribution in [3.8, 4) is 0 Å². The van der Waals surface area contributed by atoms with Gasteiger partial charge in [-0.15, -0.1) is 0 Å². The Morgan fingerprint density at radius 1 is 0.465 bits per heavy atom. The average molecular weight is 637 g/mol. The van der Waals surface area contributed by atoms with E-state index in [9.17, 15) is 19.2 Å². The molecule has 0 fully saturated rings. The number of imidazole rings is 4. The summed E-state index contributed by atoms with van der Waals surface area (Å²) < 4.78 is 30.0. The van der Waals surface area contributed by atoms with E-state index in [-0.39, 0.29) is 26.4 Å². The SMILES string of the molecule is O=C(OCCOCCOC(=O)n1ccnc1)n1ccnc1.O=C(OCCSSCCOC(=O)n1ccnc1)n1ccnc1. The van der Waals surface area contributed by atoms with E-state index in [1.807, 2.05) is 0 Å². The van der Waals surface area contributed by atoms with E-state index in [4.69, 9.17) is 23.7 Å². The predicted octanol–water partition coefficient (Wildman–Crippen LogP) is 2.90. The van der Waals surface area contributed by atoms with E-state index in [0.29, 0.717) is 24.7 Å². The van der Waals surface area contributed by atoms with E-state index >= 15 is 0 Å². The molecule has 0 atom stereocenters. The molecule has 0 spiro atoms. The quantitative estimate of drug-likeness (QED) is 0.118. The Balaban J connectivity index is 0.000000236. The summed E-state index contributed by atoms with van der Waals surface area (Å²) in [5.74, 6) is 1.31. The Hall–Kier alpha value is -4.62. The summed E-state index contributed by atoms with van der Waals surface area (Å²) in [5, 5.41) is 0. The Morgan fingerprint density at radius 2 is 0.767 bits per heavy atom. The number of carbonyl (C=O) groups excluding carboxylic acids is 4. The summed E-state index contributed by atoms with van der Waals surface area (Å²) in [4.78, 5) is 60.6. The number of nitrogens with zero attached hydrogens (tertiary/aromatic N) is 8. The smallest absolute Gasteiger partial charge is 0.419 e. The van der Waals surface area contributed by atoms with Gasteiger partial charge in [-0.05, 0) is 0 Å². The fraction of sp³-hybridized carbons (Fsp3) is 0.333. The second-order valence-corrected chi connectivity index (χ2v) is 10.3. The summed E-state index contributed by atoms with van der Waals surface area (Å²) in [5.41, 5.74) is 0. The minimum atomic E-state index is -0.525. The van der Waals surface area contributed by atoms with Crippen molar-refractivity contribution < 1.29 is 42.9 Å². The van der Waals surface area contributed by atoms with Crippen LogP contribution in [0, 0.1) is 0 Å². The van der Waals surface area contributed by atoms with Crippen LogP contribution in [0.2, 0.25) is 0 Å². The molecule has 4 aromatic heterocycles. The van der Waals surface area contributed by atoms with Gasteiger partial charge < -0.3 is 23.7 Å². The van der Waals surface area contributed by atoms with Crippen LogP contribution in [0.4, 0.5) is 19.2 Å². The Morgan fingerprint density at radius 3 is 1.05 bits per heavy atom. The molecule has 4 rings (SSSR count). The fourth-order valence-corrected chi connectivity index (χ4v) is 4.34. The van der Waals surface area contributed by atoms with Crippen LogP contribution < -0.4 is 0 Å². The molecule has 0 aliphatic heterocycles. The van der Waals surface area contributed by atoms with Crippen molar-refractivity contribution in [2.75, 3.05) is 51.1 Å². The summed E-state index contributed by atoms with van der Waals surface area (Å²) in [6.07, 6.45) is 15.5. The number of ether oxygens (including phenoxy) is 5. The van der Waals surface area contributed by atoms with E-state index in [2.05, 4.69) is 19.9 Å². The van der Waals surface area contributed by atoms with Crippen molar-refractivity contribution in [3.63, 3.8) is 0 Å². The molecule has 43 heavy (non-hydrogen) atoms. The van der Waals surface area contributed by atoms with Crippen molar-refractivity contribution in [1.29, 1.82) is 0 Å². The highest BCUT2D eigenvalue weighted by Crippen LogP contribution is 2.20. The molecule has 4 heterocycles. The van der Waals surface area contributed by atoms with Crippen LogP contribution in [0.3, 0.4) is 0 Å². The third-order valence-electron chi connectivity index (χ3n) is 4.64. The maximum atomic E-state index is 11.4. The molecule has 0 aromatic carbocycles. The molecular weight excluding hydrogens is 608 g/mol. The molecule has 0 saturated heterocycles. The first-order chi connectivity index (χ1) is 21.0. The minimum absolute atomic E-state index is 0.104. The molecule has 0 saturated carbocycles. The van der Waals surface area contributed by atoms with E-state index in [1.165, 1.54) is 93.2 Å². The first-order valence-corrected chi connectivity index (χ1v) is 15.0. The highest BCUT2D eigenvalue weighted by Gasteiger charge is 2.07. The molecule has 0 bridgehead atoms. The van der Waals surface area contributed by atoms with Gasteiger partial charge in [0, 0.05) is 61.1 Å². The maximum absolute atomic E-state index is 11.4.